The third-order valence-corrected chi connectivity index (χ3v) is 2.90. The first-order valence-corrected chi connectivity index (χ1v) is 5.40. The number of carbonyl (C=O) groups excluding carboxylic acids is 1. The van der Waals surface area contributed by atoms with Gasteiger partial charge in [0.05, 0.1) is 6.04 Å². The van der Waals surface area contributed by atoms with Crippen molar-refractivity contribution in [1.82, 2.24) is 4.90 Å². The van der Waals surface area contributed by atoms with Gasteiger partial charge >= 0.3 is 6.09 Å². The van der Waals surface area contributed by atoms with Gasteiger partial charge in [0.2, 0.25) is 0 Å². The summed E-state index contributed by atoms with van der Waals surface area (Å²) < 4.78 is 5.34. The molecule has 1 amide bonds. The predicted molar refractivity (Wildman–Crippen MR) is 57.2 cm³/mol. The molecular weight excluding hydrogens is 190 g/mol. The van der Waals surface area contributed by atoms with Crippen LogP contribution in [-0.2, 0) is 4.74 Å². The van der Waals surface area contributed by atoms with Gasteiger partial charge in [0.15, 0.2) is 0 Å². The second-order valence-corrected chi connectivity index (χ2v) is 5.37. The van der Waals surface area contributed by atoms with Crippen LogP contribution >= 0.6 is 0 Å². The first kappa shape index (κ1) is 10.4. The summed E-state index contributed by atoms with van der Waals surface area (Å²) >= 11 is 0. The average molecular weight is 207 g/mol. The molecule has 3 nitrogen and oxygen atoms in total. The van der Waals surface area contributed by atoms with Crippen LogP contribution in [-0.4, -0.2) is 28.7 Å². The van der Waals surface area contributed by atoms with Gasteiger partial charge in [-0.1, -0.05) is 5.92 Å². The molecule has 1 aliphatic heterocycles. The second kappa shape index (κ2) is 3.16. The first-order chi connectivity index (χ1) is 6.92. The Balaban J connectivity index is 2.04. The van der Waals surface area contributed by atoms with E-state index in [0.717, 1.165) is 12.8 Å². The number of nitrogens with zero attached hydrogens (tertiary/aromatic N) is 1. The minimum Gasteiger partial charge on any atom is -0.444 e. The molecule has 3 unspecified atom stereocenters. The van der Waals surface area contributed by atoms with Crippen LogP contribution in [0.3, 0.4) is 0 Å². The minimum atomic E-state index is -0.441. The van der Waals surface area contributed by atoms with Crippen LogP contribution in [0.4, 0.5) is 4.79 Å². The van der Waals surface area contributed by atoms with Gasteiger partial charge < -0.3 is 4.74 Å². The molecule has 0 spiro atoms. The SMILES string of the molecule is C#CC1CC2CC2N1C(=O)OC(C)(C)C. The molecule has 1 heterocycles. The van der Waals surface area contributed by atoms with E-state index < -0.39 is 5.60 Å². The maximum Gasteiger partial charge on any atom is 0.411 e. The number of likely N-dealkylation sites (tertiary alicyclic amines) is 1. The molecule has 0 bridgehead atoms. The molecule has 2 aliphatic rings. The van der Waals surface area contributed by atoms with Crippen LogP contribution in [0.5, 0.6) is 0 Å². The molecule has 3 heteroatoms. The van der Waals surface area contributed by atoms with E-state index in [1.807, 2.05) is 20.8 Å². The van der Waals surface area contributed by atoms with Gasteiger partial charge in [-0.3, -0.25) is 4.90 Å². The lowest BCUT2D eigenvalue weighted by Crippen LogP contribution is -2.41. The molecule has 1 saturated heterocycles. The highest BCUT2D eigenvalue weighted by Gasteiger charge is 2.54. The van der Waals surface area contributed by atoms with Crippen LogP contribution < -0.4 is 0 Å². The number of amides is 1. The summed E-state index contributed by atoms with van der Waals surface area (Å²) in [4.78, 5) is 13.6. The summed E-state index contributed by atoms with van der Waals surface area (Å²) in [6.45, 7) is 5.61. The Hall–Kier alpha value is -1.17. The Kier molecular flexibility index (Phi) is 2.18. The summed E-state index contributed by atoms with van der Waals surface area (Å²) in [5.41, 5.74) is -0.441. The molecule has 2 rings (SSSR count). The van der Waals surface area contributed by atoms with E-state index in [0.29, 0.717) is 12.0 Å². The van der Waals surface area contributed by atoms with Gasteiger partial charge in [0.1, 0.15) is 5.60 Å². The fourth-order valence-electron chi connectivity index (χ4n) is 2.18. The van der Waals surface area contributed by atoms with Crippen molar-refractivity contribution in [2.75, 3.05) is 0 Å². The number of carbonyl (C=O) groups is 1. The number of terminal acetylenes is 1. The number of piperidine rings is 1. The van der Waals surface area contributed by atoms with Crippen molar-refractivity contribution in [2.24, 2.45) is 5.92 Å². The van der Waals surface area contributed by atoms with E-state index in [9.17, 15) is 4.79 Å². The number of fused-ring (bicyclic) bond motifs is 1. The molecule has 1 saturated carbocycles. The van der Waals surface area contributed by atoms with Crippen molar-refractivity contribution in [1.29, 1.82) is 0 Å². The van der Waals surface area contributed by atoms with E-state index in [-0.39, 0.29) is 12.1 Å². The van der Waals surface area contributed by atoms with Gasteiger partial charge in [-0.2, -0.15) is 0 Å². The van der Waals surface area contributed by atoms with Crippen LogP contribution in [0.1, 0.15) is 33.6 Å². The van der Waals surface area contributed by atoms with Crippen molar-refractivity contribution in [3.63, 3.8) is 0 Å². The zero-order valence-electron chi connectivity index (χ0n) is 9.49. The Morgan fingerprint density at radius 1 is 1.47 bits per heavy atom. The lowest BCUT2D eigenvalue weighted by atomic mass is 10.2. The molecular formula is C12H17NO2. The van der Waals surface area contributed by atoms with Crippen LogP contribution in [0.15, 0.2) is 0 Å². The summed E-state index contributed by atoms with van der Waals surface area (Å²) in [7, 11) is 0. The largest absolute Gasteiger partial charge is 0.444 e. The number of ether oxygens (including phenoxy) is 1. The van der Waals surface area contributed by atoms with Crippen molar-refractivity contribution in [3.05, 3.63) is 0 Å². The Bertz CT molecular complexity index is 323. The Morgan fingerprint density at radius 2 is 2.13 bits per heavy atom. The highest BCUT2D eigenvalue weighted by Crippen LogP contribution is 2.48. The lowest BCUT2D eigenvalue weighted by molar-refractivity contribution is 0.0225. The van der Waals surface area contributed by atoms with Crippen LogP contribution in [0, 0.1) is 18.3 Å². The fourth-order valence-corrected chi connectivity index (χ4v) is 2.18. The molecule has 0 aromatic carbocycles. The molecule has 15 heavy (non-hydrogen) atoms. The quantitative estimate of drug-likeness (QED) is 0.569. The second-order valence-electron chi connectivity index (χ2n) is 5.37. The number of hydrogen-bond donors (Lipinski definition) is 0. The zero-order valence-corrected chi connectivity index (χ0v) is 9.49. The van der Waals surface area contributed by atoms with Crippen LogP contribution in [0.25, 0.3) is 0 Å². The maximum atomic E-state index is 11.9. The topological polar surface area (TPSA) is 29.5 Å². The lowest BCUT2D eigenvalue weighted by Gasteiger charge is -2.28. The summed E-state index contributed by atoms with van der Waals surface area (Å²) in [5, 5.41) is 0. The first-order valence-electron chi connectivity index (χ1n) is 5.40. The summed E-state index contributed by atoms with van der Waals surface area (Å²) in [6, 6.07) is 0.296. The van der Waals surface area contributed by atoms with Crippen molar-refractivity contribution in [2.45, 2.75) is 51.3 Å². The zero-order chi connectivity index (χ0) is 11.2. The van der Waals surface area contributed by atoms with E-state index in [1.165, 1.54) is 0 Å². The van der Waals surface area contributed by atoms with Gasteiger partial charge in [-0.05, 0) is 39.5 Å². The highest BCUT2D eigenvalue weighted by molar-refractivity contribution is 5.71. The molecule has 0 aromatic heterocycles. The third-order valence-electron chi connectivity index (χ3n) is 2.90. The molecule has 0 radical (unpaired) electrons. The number of hydrogen-bond acceptors (Lipinski definition) is 2. The van der Waals surface area contributed by atoms with Gasteiger partial charge in [-0.15, -0.1) is 6.42 Å². The summed E-state index contributed by atoms with van der Waals surface area (Å²) in [6.07, 6.45) is 7.19. The van der Waals surface area contributed by atoms with Gasteiger partial charge in [0.25, 0.3) is 0 Å². The highest BCUT2D eigenvalue weighted by atomic mass is 16.6. The summed E-state index contributed by atoms with van der Waals surface area (Å²) in [5.74, 6) is 3.29. The normalized spacial score (nSPS) is 33.2. The predicted octanol–water partition coefficient (Wildman–Crippen LogP) is 2.02. The fraction of sp³-hybridized carbons (Fsp3) is 0.750. The molecule has 3 atom stereocenters. The Labute approximate surface area is 90.8 Å². The van der Waals surface area contributed by atoms with E-state index >= 15 is 0 Å². The maximum absolute atomic E-state index is 11.9. The molecule has 82 valence electrons. The van der Waals surface area contributed by atoms with Gasteiger partial charge in [0, 0.05) is 6.04 Å². The van der Waals surface area contributed by atoms with Crippen molar-refractivity contribution >= 4 is 6.09 Å². The van der Waals surface area contributed by atoms with E-state index in [2.05, 4.69) is 5.92 Å². The van der Waals surface area contributed by atoms with Crippen molar-refractivity contribution in [3.8, 4) is 12.3 Å². The monoisotopic (exact) mass is 207 g/mol. The Morgan fingerprint density at radius 3 is 2.67 bits per heavy atom. The van der Waals surface area contributed by atoms with E-state index in [1.54, 1.807) is 4.90 Å². The molecule has 1 aliphatic carbocycles. The third kappa shape index (κ3) is 1.94. The number of rotatable bonds is 0. The van der Waals surface area contributed by atoms with Gasteiger partial charge in [-0.25, -0.2) is 4.79 Å². The smallest absolute Gasteiger partial charge is 0.411 e. The average Bonchev–Trinajstić information content (AvgIpc) is 2.73. The van der Waals surface area contributed by atoms with E-state index in [4.69, 9.17) is 11.2 Å². The van der Waals surface area contributed by atoms with Crippen LogP contribution in [0.2, 0.25) is 0 Å². The standard InChI is InChI=1S/C12H17NO2/c1-5-9-6-8-7-10(8)13(9)11(14)15-12(2,3)4/h1,8-10H,6-7H2,2-4H3. The van der Waals surface area contributed by atoms with Crippen molar-refractivity contribution < 1.29 is 9.53 Å². The molecule has 0 N–H and O–H groups in total. The molecule has 2 fully saturated rings. The molecule has 0 aromatic rings. The minimum absolute atomic E-state index is 0.0522.